The number of carbonyl (C=O) groups excluding carboxylic acids is 2. The molecule has 0 amide bonds. The zero-order chi connectivity index (χ0) is 19.0. The van der Waals surface area contributed by atoms with Crippen LogP contribution in [-0.2, 0) is 14.3 Å². The molecule has 25 heavy (non-hydrogen) atoms. The largest absolute Gasteiger partial charge is 0.481 e. The van der Waals surface area contributed by atoms with E-state index in [0.29, 0.717) is 17.9 Å². The van der Waals surface area contributed by atoms with Crippen molar-refractivity contribution in [2.45, 2.75) is 33.1 Å². The van der Waals surface area contributed by atoms with Gasteiger partial charge in [0, 0.05) is 6.54 Å². The molecule has 0 saturated carbocycles. The van der Waals surface area contributed by atoms with E-state index < -0.39 is 11.9 Å². The lowest BCUT2D eigenvalue weighted by Crippen LogP contribution is -2.20. The van der Waals surface area contributed by atoms with Gasteiger partial charge >= 0.3 is 11.9 Å². The van der Waals surface area contributed by atoms with E-state index in [9.17, 15) is 9.59 Å². The fourth-order valence-corrected chi connectivity index (χ4v) is 2.40. The molecule has 0 saturated heterocycles. The first-order chi connectivity index (χ1) is 11.8. The first kappa shape index (κ1) is 21.0. The topological polar surface area (TPSA) is 65.1 Å². The van der Waals surface area contributed by atoms with E-state index in [1.54, 1.807) is 0 Å². The minimum Gasteiger partial charge on any atom is -0.481 e. The molecule has 0 fully saturated rings. The molecule has 0 radical (unpaired) electrons. The third kappa shape index (κ3) is 6.38. The number of esters is 2. The Bertz CT molecular complexity index is 596. The van der Waals surface area contributed by atoms with Gasteiger partial charge in [-0.05, 0) is 44.5 Å². The van der Waals surface area contributed by atoms with Crippen molar-refractivity contribution in [1.82, 2.24) is 4.90 Å². The van der Waals surface area contributed by atoms with Gasteiger partial charge in [-0.3, -0.25) is 0 Å². The van der Waals surface area contributed by atoms with E-state index in [0.717, 1.165) is 24.1 Å². The zero-order valence-electron chi connectivity index (χ0n) is 16.0. The standard InChI is InChI=1S/C19H29NO5/c1-13(2)15-9-8-14(3)17(19(22)23-6)18(15)25-12-16(21)24-11-7-10-20(4)5/h8-9,13H,7,10-12H2,1-6H3. The molecule has 0 heterocycles. The van der Waals surface area contributed by atoms with Gasteiger partial charge in [-0.1, -0.05) is 26.0 Å². The number of carbonyl (C=O) groups is 2. The summed E-state index contributed by atoms with van der Waals surface area (Å²) in [6.07, 6.45) is 0.758. The molecule has 1 aromatic rings. The van der Waals surface area contributed by atoms with Crippen molar-refractivity contribution < 1.29 is 23.8 Å². The van der Waals surface area contributed by atoms with Crippen molar-refractivity contribution in [1.29, 1.82) is 0 Å². The maximum Gasteiger partial charge on any atom is 0.344 e. The second-order valence-corrected chi connectivity index (χ2v) is 6.49. The molecule has 6 nitrogen and oxygen atoms in total. The smallest absolute Gasteiger partial charge is 0.344 e. The number of methoxy groups -OCH3 is 1. The van der Waals surface area contributed by atoms with Gasteiger partial charge in [0.2, 0.25) is 0 Å². The minimum absolute atomic E-state index is 0.134. The Balaban J connectivity index is 2.83. The van der Waals surface area contributed by atoms with Crippen LogP contribution >= 0.6 is 0 Å². The van der Waals surface area contributed by atoms with Crippen molar-refractivity contribution in [3.8, 4) is 5.75 Å². The second-order valence-electron chi connectivity index (χ2n) is 6.49. The van der Waals surface area contributed by atoms with Crippen LogP contribution in [0.5, 0.6) is 5.75 Å². The van der Waals surface area contributed by atoms with Crippen molar-refractivity contribution >= 4 is 11.9 Å². The molecule has 140 valence electrons. The van der Waals surface area contributed by atoms with Crippen LogP contribution in [0.2, 0.25) is 0 Å². The van der Waals surface area contributed by atoms with Crippen molar-refractivity contribution in [2.75, 3.05) is 41.0 Å². The molecule has 0 atom stereocenters. The maximum absolute atomic E-state index is 12.1. The Morgan fingerprint density at radius 3 is 2.44 bits per heavy atom. The highest BCUT2D eigenvalue weighted by molar-refractivity contribution is 5.94. The first-order valence-electron chi connectivity index (χ1n) is 8.42. The summed E-state index contributed by atoms with van der Waals surface area (Å²) in [6, 6.07) is 3.76. The molecule has 0 aromatic heterocycles. The van der Waals surface area contributed by atoms with Gasteiger partial charge in [-0.2, -0.15) is 0 Å². The summed E-state index contributed by atoms with van der Waals surface area (Å²) >= 11 is 0. The Morgan fingerprint density at radius 2 is 1.88 bits per heavy atom. The molecule has 0 aliphatic heterocycles. The van der Waals surface area contributed by atoms with Crippen LogP contribution in [0.15, 0.2) is 12.1 Å². The van der Waals surface area contributed by atoms with Crippen LogP contribution < -0.4 is 4.74 Å². The predicted octanol–water partition coefficient (Wildman–Crippen LogP) is 2.78. The van der Waals surface area contributed by atoms with Crippen LogP contribution in [0.1, 0.15) is 47.7 Å². The summed E-state index contributed by atoms with van der Waals surface area (Å²) in [7, 11) is 5.25. The Hall–Kier alpha value is -2.08. The number of benzene rings is 1. The molecular formula is C19H29NO5. The van der Waals surface area contributed by atoms with Crippen LogP contribution in [0.25, 0.3) is 0 Å². The summed E-state index contributed by atoms with van der Waals surface area (Å²) in [4.78, 5) is 26.0. The molecule has 0 bridgehead atoms. The zero-order valence-corrected chi connectivity index (χ0v) is 16.0. The summed E-state index contributed by atoms with van der Waals surface area (Å²) in [5.74, 6) is -0.401. The Morgan fingerprint density at radius 1 is 1.20 bits per heavy atom. The lowest BCUT2D eigenvalue weighted by Gasteiger charge is -2.18. The fraction of sp³-hybridized carbons (Fsp3) is 0.579. The molecule has 1 rings (SSSR count). The van der Waals surface area contributed by atoms with Crippen LogP contribution in [0.4, 0.5) is 0 Å². The molecule has 0 aliphatic carbocycles. The number of nitrogens with zero attached hydrogens (tertiary/aromatic N) is 1. The molecule has 6 heteroatoms. The highest BCUT2D eigenvalue weighted by Crippen LogP contribution is 2.33. The monoisotopic (exact) mass is 351 g/mol. The third-order valence-corrected chi connectivity index (χ3v) is 3.76. The van der Waals surface area contributed by atoms with E-state index in [-0.39, 0.29) is 12.5 Å². The van der Waals surface area contributed by atoms with Gasteiger partial charge in [-0.15, -0.1) is 0 Å². The van der Waals surface area contributed by atoms with Crippen LogP contribution in [0.3, 0.4) is 0 Å². The second kappa shape index (κ2) is 10.0. The van der Waals surface area contributed by atoms with Crippen molar-refractivity contribution in [2.24, 2.45) is 0 Å². The molecule has 0 N–H and O–H groups in total. The molecule has 0 unspecified atom stereocenters. The highest BCUT2D eigenvalue weighted by Gasteiger charge is 2.22. The molecule has 1 aromatic carbocycles. The van der Waals surface area contributed by atoms with E-state index in [1.165, 1.54) is 7.11 Å². The van der Waals surface area contributed by atoms with Gasteiger partial charge in [0.1, 0.15) is 11.3 Å². The predicted molar refractivity (Wildman–Crippen MR) is 96.2 cm³/mol. The van der Waals surface area contributed by atoms with Gasteiger partial charge in [-0.25, -0.2) is 9.59 Å². The summed E-state index contributed by atoms with van der Waals surface area (Å²) < 4.78 is 15.7. The summed E-state index contributed by atoms with van der Waals surface area (Å²) in [5.41, 5.74) is 1.95. The van der Waals surface area contributed by atoms with Crippen LogP contribution in [0, 0.1) is 6.92 Å². The highest BCUT2D eigenvalue weighted by atomic mass is 16.6. The average molecular weight is 351 g/mol. The van der Waals surface area contributed by atoms with E-state index in [1.807, 2.05) is 51.9 Å². The normalized spacial score (nSPS) is 10.9. The molecule has 0 spiro atoms. The lowest BCUT2D eigenvalue weighted by atomic mass is 9.96. The third-order valence-electron chi connectivity index (χ3n) is 3.76. The molecule has 0 aliphatic rings. The molecular weight excluding hydrogens is 322 g/mol. The van der Waals surface area contributed by atoms with Gasteiger partial charge in [0.15, 0.2) is 6.61 Å². The van der Waals surface area contributed by atoms with E-state index >= 15 is 0 Å². The van der Waals surface area contributed by atoms with E-state index in [2.05, 4.69) is 0 Å². The Labute approximate surface area is 150 Å². The van der Waals surface area contributed by atoms with Crippen molar-refractivity contribution in [3.63, 3.8) is 0 Å². The van der Waals surface area contributed by atoms with Crippen molar-refractivity contribution in [3.05, 3.63) is 28.8 Å². The lowest BCUT2D eigenvalue weighted by molar-refractivity contribution is -0.146. The van der Waals surface area contributed by atoms with E-state index in [4.69, 9.17) is 14.2 Å². The number of rotatable bonds is 9. The number of aryl methyl sites for hydroxylation is 1. The van der Waals surface area contributed by atoms with Gasteiger partial charge in [0.05, 0.1) is 13.7 Å². The number of hydrogen-bond donors (Lipinski definition) is 0. The SMILES string of the molecule is COC(=O)c1c(C)ccc(C(C)C)c1OCC(=O)OCCCN(C)C. The summed E-state index contributed by atoms with van der Waals surface area (Å²) in [5, 5.41) is 0. The van der Waals surface area contributed by atoms with Gasteiger partial charge in [0.25, 0.3) is 0 Å². The minimum atomic E-state index is -0.477. The number of hydrogen-bond acceptors (Lipinski definition) is 6. The summed E-state index contributed by atoms with van der Waals surface area (Å²) in [6.45, 7) is 6.75. The van der Waals surface area contributed by atoms with Gasteiger partial charge < -0.3 is 19.1 Å². The number of ether oxygens (including phenoxy) is 3. The quantitative estimate of drug-likeness (QED) is 0.503. The first-order valence-corrected chi connectivity index (χ1v) is 8.42. The average Bonchev–Trinajstić information content (AvgIpc) is 2.55. The Kier molecular flexibility index (Phi) is 8.41. The van der Waals surface area contributed by atoms with Crippen LogP contribution in [-0.4, -0.2) is 57.8 Å². The fourth-order valence-electron chi connectivity index (χ4n) is 2.40. The maximum atomic E-state index is 12.1.